The van der Waals surface area contributed by atoms with Gasteiger partial charge in [0.15, 0.2) is 0 Å². The summed E-state index contributed by atoms with van der Waals surface area (Å²) in [5.74, 6) is 1.97. The van der Waals surface area contributed by atoms with Crippen LogP contribution in [0.2, 0.25) is 0 Å². The molecule has 0 amide bonds. The predicted molar refractivity (Wildman–Crippen MR) is 75.0 cm³/mol. The normalized spacial score (nSPS) is 21.3. The van der Waals surface area contributed by atoms with Crippen molar-refractivity contribution in [2.45, 2.75) is 32.2 Å². The van der Waals surface area contributed by atoms with Crippen LogP contribution in [0.3, 0.4) is 0 Å². The van der Waals surface area contributed by atoms with E-state index in [0.717, 1.165) is 18.8 Å². The van der Waals surface area contributed by atoms with E-state index in [-0.39, 0.29) is 6.04 Å². The average molecular weight is 248 g/mol. The van der Waals surface area contributed by atoms with Crippen LogP contribution in [0.1, 0.15) is 43.4 Å². The number of nitrogens with one attached hydrogen (secondary N) is 1. The molecule has 3 nitrogen and oxygen atoms in total. The minimum Gasteiger partial charge on any atom is -0.496 e. The zero-order valence-corrected chi connectivity index (χ0v) is 11.6. The fraction of sp³-hybridized carbons (Fsp3) is 0.600. The second-order valence-corrected chi connectivity index (χ2v) is 5.43. The zero-order valence-electron chi connectivity index (χ0n) is 11.6. The van der Waals surface area contributed by atoms with Crippen LogP contribution in [-0.2, 0) is 0 Å². The number of benzene rings is 1. The van der Waals surface area contributed by atoms with Crippen LogP contribution < -0.4 is 15.8 Å². The first-order valence-corrected chi connectivity index (χ1v) is 6.77. The molecule has 0 bridgehead atoms. The lowest BCUT2D eigenvalue weighted by molar-refractivity contribution is 0.406. The SMILES string of the molecule is COc1ccc(C(N)C2CCNC2)cc1C(C)C. The van der Waals surface area contributed by atoms with Crippen molar-refractivity contribution in [3.05, 3.63) is 29.3 Å². The van der Waals surface area contributed by atoms with Crippen LogP contribution in [0.4, 0.5) is 0 Å². The highest BCUT2D eigenvalue weighted by atomic mass is 16.5. The lowest BCUT2D eigenvalue weighted by Crippen LogP contribution is -2.23. The van der Waals surface area contributed by atoms with Crippen molar-refractivity contribution >= 4 is 0 Å². The monoisotopic (exact) mass is 248 g/mol. The highest BCUT2D eigenvalue weighted by molar-refractivity contribution is 5.40. The van der Waals surface area contributed by atoms with Crippen LogP contribution >= 0.6 is 0 Å². The molecule has 1 fully saturated rings. The van der Waals surface area contributed by atoms with Gasteiger partial charge in [-0.25, -0.2) is 0 Å². The van der Waals surface area contributed by atoms with E-state index in [0.29, 0.717) is 11.8 Å². The van der Waals surface area contributed by atoms with Crippen molar-refractivity contribution in [3.63, 3.8) is 0 Å². The molecule has 0 radical (unpaired) electrons. The van der Waals surface area contributed by atoms with Crippen LogP contribution in [0.5, 0.6) is 5.75 Å². The van der Waals surface area contributed by atoms with E-state index in [4.69, 9.17) is 10.5 Å². The Kier molecular flexibility index (Phi) is 4.25. The van der Waals surface area contributed by atoms with Crippen LogP contribution in [0, 0.1) is 5.92 Å². The van der Waals surface area contributed by atoms with Gasteiger partial charge in [-0.15, -0.1) is 0 Å². The molecule has 3 heteroatoms. The van der Waals surface area contributed by atoms with E-state index in [1.165, 1.54) is 17.5 Å². The summed E-state index contributed by atoms with van der Waals surface area (Å²) in [4.78, 5) is 0. The molecule has 2 unspecified atom stereocenters. The number of nitrogens with two attached hydrogens (primary N) is 1. The van der Waals surface area contributed by atoms with Gasteiger partial charge < -0.3 is 15.8 Å². The highest BCUT2D eigenvalue weighted by Gasteiger charge is 2.23. The highest BCUT2D eigenvalue weighted by Crippen LogP contribution is 2.32. The molecule has 2 atom stereocenters. The Morgan fingerprint density at radius 3 is 2.72 bits per heavy atom. The number of ether oxygens (including phenoxy) is 1. The maximum atomic E-state index is 6.38. The molecule has 1 heterocycles. The van der Waals surface area contributed by atoms with Crippen molar-refractivity contribution in [1.29, 1.82) is 0 Å². The topological polar surface area (TPSA) is 47.3 Å². The summed E-state index contributed by atoms with van der Waals surface area (Å²) >= 11 is 0. The zero-order chi connectivity index (χ0) is 13.1. The molecule has 1 aliphatic rings. The van der Waals surface area contributed by atoms with Gasteiger partial charge in [-0.3, -0.25) is 0 Å². The third kappa shape index (κ3) is 2.68. The smallest absolute Gasteiger partial charge is 0.122 e. The van der Waals surface area contributed by atoms with Crippen molar-refractivity contribution in [1.82, 2.24) is 5.32 Å². The Morgan fingerprint density at radius 2 is 2.17 bits per heavy atom. The summed E-state index contributed by atoms with van der Waals surface area (Å²) in [6, 6.07) is 6.50. The Balaban J connectivity index is 2.25. The number of hydrogen-bond donors (Lipinski definition) is 2. The summed E-state index contributed by atoms with van der Waals surface area (Å²) in [6.45, 7) is 6.49. The lowest BCUT2D eigenvalue weighted by Gasteiger charge is -2.21. The summed E-state index contributed by atoms with van der Waals surface area (Å²) in [5.41, 5.74) is 8.86. The predicted octanol–water partition coefficient (Wildman–Crippen LogP) is 2.43. The van der Waals surface area contributed by atoms with Crippen molar-refractivity contribution in [2.75, 3.05) is 20.2 Å². The van der Waals surface area contributed by atoms with Gasteiger partial charge in [0.2, 0.25) is 0 Å². The molecule has 100 valence electrons. The third-order valence-corrected chi connectivity index (χ3v) is 3.87. The van der Waals surface area contributed by atoms with Gasteiger partial charge in [0.05, 0.1) is 7.11 Å². The quantitative estimate of drug-likeness (QED) is 0.860. The largest absolute Gasteiger partial charge is 0.496 e. The minimum absolute atomic E-state index is 0.128. The molecular formula is C15H24N2O. The van der Waals surface area contributed by atoms with Gasteiger partial charge in [-0.05, 0) is 48.5 Å². The molecule has 3 N–H and O–H groups in total. The molecular weight excluding hydrogens is 224 g/mol. The first-order valence-electron chi connectivity index (χ1n) is 6.77. The molecule has 1 saturated heterocycles. The second-order valence-electron chi connectivity index (χ2n) is 5.43. The van der Waals surface area contributed by atoms with Gasteiger partial charge in [-0.2, -0.15) is 0 Å². The van der Waals surface area contributed by atoms with Crippen molar-refractivity contribution < 1.29 is 4.74 Å². The minimum atomic E-state index is 0.128. The standard InChI is InChI=1S/C15H24N2O/c1-10(2)13-8-11(4-5-14(13)18-3)15(16)12-6-7-17-9-12/h4-5,8,10,12,15,17H,6-7,9,16H2,1-3H3. The summed E-state index contributed by atoms with van der Waals surface area (Å²) in [6.07, 6.45) is 1.17. The molecule has 0 aromatic heterocycles. The number of rotatable bonds is 4. The van der Waals surface area contributed by atoms with Crippen LogP contribution in [0.15, 0.2) is 18.2 Å². The van der Waals surface area contributed by atoms with E-state index in [2.05, 4.69) is 31.3 Å². The molecule has 1 aromatic carbocycles. The fourth-order valence-electron chi connectivity index (χ4n) is 2.67. The van der Waals surface area contributed by atoms with Gasteiger partial charge in [-0.1, -0.05) is 26.0 Å². The summed E-state index contributed by atoms with van der Waals surface area (Å²) in [7, 11) is 1.72. The third-order valence-electron chi connectivity index (χ3n) is 3.87. The Hall–Kier alpha value is -1.06. The Morgan fingerprint density at radius 1 is 1.39 bits per heavy atom. The maximum Gasteiger partial charge on any atom is 0.122 e. The molecule has 2 rings (SSSR count). The van der Waals surface area contributed by atoms with Crippen LogP contribution in [0.25, 0.3) is 0 Å². The van der Waals surface area contributed by atoms with Gasteiger partial charge in [0, 0.05) is 6.04 Å². The molecule has 0 saturated carbocycles. The molecule has 18 heavy (non-hydrogen) atoms. The van der Waals surface area contributed by atoms with Crippen molar-refractivity contribution in [3.8, 4) is 5.75 Å². The summed E-state index contributed by atoms with van der Waals surface area (Å²) < 4.78 is 5.41. The van der Waals surface area contributed by atoms with Gasteiger partial charge in [0.1, 0.15) is 5.75 Å². The van der Waals surface area contributed by atoms with E-state index >= 15 is 0 Å². The van der Waals surface area contributed by atoms with E-state index < -0.39 is 0 Å². The lowest BCUT2D eigenvalue weighted by atomic mass is 9.90. The first-order chi connectivity index (χ1) is 8.63. The average Bonchev–Trinajstić information content (AvgIpc) is 2.90. The van der Waals surface area contributed by atoms with Crippen LogP contribution in [-0.4, -0.2) is 20.2 Å². The Labute approximate surface area is 110 Å². The Bertz CT molecular complexity index is 397. The number of methoxy groups -OCH3 is 1. The fourth-order valence-corrected chi connectivity index (χ4v) is 2.67. The number of hydrogen-bond acceptors (Lipinski definition) is 3. The summed E-state index contributed by atoms with van der Waals surface area (Å²) in [5, 5.41) is 3.38. The van der Waals surface area contributed by atoms with E-state index in [9.17, 15) is 0 Å². The maximum absolute atomic E-state index is 6.38. The molecule has 1 aliphatic heterocycles. The first kappa shape index (κ1) is 13.4. The molecule has 0 spiro atoms. The van der Waals surface area contributed by atoms with Crippen molar-refractivity contribution in [2.24, 2.45) is 11.7 Å². The van der Waals surface area contributed by atoms with Gasteiger partial charge in [0.25, 0.3) is 0 Å². The van der Waals surface area contributed by atoms with E-state index in [1.807, 2.05) is 6.07 Å². The second kappa shape index (κ2) is 5.72. The molecule has 1 aromatic rings. The van der Waals surface area contributed by atoms with Gasteiger partial charge >= 0.3 is 0 Å². The van der Waals surface area contributed by atoms with E-state index in [1.54, 1.807) is 7.11 Å². The molecule has 0 aliphatic carbocycles.